The first-order valence-electron chi connectivity index (χ1n) is 12.1. The third-order valence-electron chi connectivity index (χ3n) is 5.81. The van der Waals surface area contributed by atoms with Crippen molar-refractivity contribution < 1.29 is 9.90 Å². The zero-order valence-corrected chi connectivity index (χ0v) is 19.7. The Labute approximate surface area is 182 Å². The van der Waals surface area contributed by atoms with Gasteiger partial charge in [-0.3, -0.25) is 4.79 Å². The lowest BCUT2D eigenvalue weighted by molar-refractivity contribution is -0.142. The molecule has 28 heavy (non-hydrogen) atoms. The second kappa shape index (κ2) is 23.0. The van der Waals surface area contributed by atoms with Crippen LogP contribution in [0.5, 0.6) is 0 Å². The van der Waals surface area contributed by atoms with Gasteiger partial charge in [-0.2, -0.15) is 0 Å². The summed E-state index contributed by atoms with van der Waals surface area (Å²) in [6.07, 6.45) is 22.9. The maximum absolute atomic E-state index is 11.4. The fourth-order valence-electron chi connectivity index (χ4n) is 3.87. The Morgan fingerprint density at radius 1 is 0.643 bits per heavy atom. The largest absolute Gasteiger partial charge is 0.481 e. The van der Waals surface area contributed by atoms with E-state index in [4.69, 9.17) is 5.73 Å². The van der Waals surface area contributed by atoms with Gasteiger partial charge >= 0.3 is 5.97 Å². The molecular formula is C24H50ClNO2. The molecule has 0 heterocycles. The summed E-state index contributed by atoms with van der Waals surface area (Å²) in [4.78, 5) is 11.4. The summed E-state index contributed by atoms with van der Waals surface area (Å²) in [6.45, 7) is 4.45. The van der Waals surface area contributed by atoms with E-state index < -0.39 is 5.97 Å². The standard InChI is InChI=1S/C24H49NO2.ClH/c1-3-5-7-9-10-11-12-13-14-16-20-23(25)21-17-19-22(24(26)27)18-15-8-6-4-2;/h22-23H,3-21,25H2,1-2H3,(H,26,27);1H. The molecule has 0 aliphatic carbocycles. The Balaban J connectivity index is 0. The van der Waals surface area contributed by atoms with Crippen LogP contribution in [0.4, 0.5) is 0 Å². The number of halogens is 1. The number of unbranched alkanes of at least 4 members (excludes halogenated alkanes) is 12. The number of aliphatic carboxylic acids is 1. The van der Waals surface area contributed by atoms with Crippen LogP contribution in [0.15, 0.2) is 0 Å². The normalized spacial score (nSPS) is 13.1. The molecule has 0 rings (SSSR count). The molecule has 0 aliphatic rings. The van der Waals surface area contributed by atoms with Crippen molar-refractivity contribution in [1.29, 1.82) is 0 Å². The second-order valence-corrected chi connectivity index (χ2v) is 8.55. The highest BCUT2D eigenvalue weighted by molar-refractivity contribution is 5.85. The van der Waals surface area contributed by atoms with Gasteiger partial charge in [0.25, 0.3) is 0 Å². The van der Waals surface area contributed by atoms with Gasteiger partial charge in [-0.25, -0.2) is 0 Å². The van der Waals surface area contributed by atoms with Crippen LogP contribution in [0.2, 0.25) is 0 Å². The van der Waals surface area contributed by atoms with Gasteiger partial charge in [0, 0.05) is 6.04 Å². The van der Waals surface area contributed by atoms with E-state index in [1.54, 1.807) is 0 Å². The monoisotopic (exact) mass is 419 g/mol. The van der Waals surface area contributed by atoms with Crippen molar-refractivity contribution in [3.63, 3.8) is 0 Å². The maximum Gasteiger partial charge on any atom is 0.306 e. The molecule has 0 amide bonds. The lowest BCUT2D eigenvalue weighted by atomic mass is 9.93. The molecule has 0 aromatic heterocycles. The fraction of sp³-hybridized carbons (Fsp3) is 0.958. The van der Waals surface area contributed by atoms with Crippen molar-refractivity contribution in [3.8, 4) is 0 Å². The number of nitrogens with two attached hydrogens (primary N) is 1. The Morgan fingerprint density at radius 2 is 1.00 bits per heavy atom. The summed E-state index contributed by atoms with van der Waals surface area (Å²) >= 11 is 0. The third kappa shape index (κ3) is 20.5. The smallest absolute Gasteiger partial charge is 0.306 e. The van der Waals surface area contributed by atoms with Crippen LogP contribution in [0.3, 0.4) is 0 Å². The quantitative estimate of drug-likeness (QED) is 0.186. The van der Waals surface area contributed by atoms with Crippen LogP contribution >= 0.6 is 12.4 Å². The molecule has 0 radical (unpaired) electrons. The summed E-state index contributed by atoms with van der Waals surface area (Å²) in [5, 5.41) is 9.37. The average molecular weight is 420 g/mol. The van der Waals surface area contributed by atoms with Crippen LogP contribution in [-0.2, 0) is 4.79 Å². The van der Waals surface area contributed by atoms with Gasteiger partial charge in [0.05, 0.1) is 5.92 Å². The van der Waals surface area contributed by atoms with Crippen molar-refractivity contribution >= 4 is 18.4 Å². The van der Waals surface area contributed by atoms with E-state index in [0.29, 0.717) is 0 Å². The van der Waals surface area contributed by atoms with Crippen LogP contribution in [0.25, 0.3) is 0 Å². The lowest BCUT2D eigenvalue weighted by Gasteiger charge is -2.15. The molecular weight excluding hydrogens is 370 g/mol. The van der Waals surface area contributed by atoms with Crippen LogP contribution in [-0.4, -0.2) is 17.1 Å². The second-order valence-electron chi connectivity index (χ2n) is 8.55. The van der Waals surface area contributed by atoms with Crippen LogP contribution in [0.1, 0.15) is 136 Å². The van der Waals surface area contributed by atoms with E-state index in [0.717, 1.165) is 38.5 Å². The Bertz CT molecular complexity index is 326. The first-order valence-corrected chi connectivity index (χ1v) is 12.1. The topological polar surface area (TPSA) is 63.3 Å². The zero-order chi connectivity index (χ0) is 20.2. The zero-order valence-electron chi connectivity index (χ0n) is 18.9. The third-order valence-corrected chi connectivity index (χ3v) is 5.81. The van der Waals surface area contributed by atoms with Crippen molar-refractivity contribution in [1.82, 2.24) is 0 Å². The Morgan fingerprint density at radius 3 is 1.50 bits per heavy atom. The molecule has 2 atom stereocenters. The average Bonchev–Trinajstić information content (AvgIpc) is 2.65. The minimum atomic E-state index is -0.616. The van der Waals surface area contributed by atoms with Gasteiger partial charge in [0.1, 0.15) is 0 Å². The first-order chi connectivity index (χ1) is 13.1. The van der Waals surface area contributed by atoms with E-state index in [9.17, 15) is 9.90 Å². The number of hydrogen-bond acceptors (Lipinski definition) is 2. The van der Waals surface area contributed by atoms with Gasteiger partial charge in [0.15, 0.2) is 0 Å². The minimum Gasteiger partial charge on any atom is -0.481 e. The number of carbonyl (C=O) groups is 1. The highest BCUT2D eigenvalue weighted by atomic mass is 35.5. The van der Waals surface area contributed by atoms with Gasteiger partial charge in [0.2, 0.25) is 0 Å². The highest BCUT2D eigenvalue weighted by Gasteiger charge is 2.17. The Kier molecular flexibility index (Phi) is 24.6. The van der Waals surface area contributed by atoms with E-state index in [2.05, 4.69) is 13.8 Å². The molecule has 0 fully saturated rings. The number of rotatable bonds is 21. The van der Waals surface area contributed by atoms with E-state index in [1.165, 1.54) is 83.5 Å². The summed E-state index contributed by atoms with van der Waals surface area (Å²) in [5.41, 5.74) is 6.24. The van der Waals surface area contributed by atoms with E-state index in [1.807, 2.05) is 0 Å². The number of carboxylic acids is 1. The Hall–Kier alpha value is -0.280. The van der Waals surface area contributed by atoms with Crippen molar-refractivity contribution in [3.05, 3.63) is 0 Å². The summed E-state index contributed by atoms with van der Waals surface area (Å²) in [7, 11) is 0. The molecule has 0 aliphatic heterocycles. The SMILES string of the molecule is CCCCCCCCCCCCC(N)CCCC(CCCCCC)C(=O)O.Cl. The maximum atomic E-state index is 11.4. The minimum absolute atomic E-state index is 0. The molecule has 0 spiro atoms. The molecule has 0 aromatic rings. The molecule has 2 unspecified atom stereocenters. The summed E-state index contributed by atoms with van der Waals surface area (Å²) in [5.74, 6) is -0.777. The molecule has 0 aromatic carbocycles. The first kappa shape index (κ1) is 29.9. The molecule has 0 saturated carbocycles. The molecule has 3 nitrogen and oxygen atoms in total. The van der Waals surface area contributed by atoms with Gasteiger partial charge in [-0.1, -0.05) is 110 Å². The van der Waals surface area contributed by atoms with E-state index in [-0.39, 0.29) is 24.4 Å². The number of carboxylic acid groups (broad SMARTS) is 1. The van der Waals surface area contributed by atoms with Crippen molar-refractivity contribution in [2.24, 2.45) is 11.7 Å². The predicted molar refractivity (Wildman–Crippen MR) is 125 cm³/mol. The lowest BCUT2D eigenvalue weighted by Crippen LogP contribution is -2.21. The molecule has 170 valence electrons. The van der Waals surface area contributed by atoms with E-state index >= 15 is 0 Å². The molecule has 0 saturated heterocycles. The molecule has 4 heteroatoms. The number of hydrogen-bond donors (Lipinski definition) is 2. The van der Waals surface area contributed by atoms with Crippen molar-refractivity contribution in [2.75, 3.05) is 0 Å². The van der Waals surface area contributed by atoms with Crippen molar-refractivity contribution in [2.45, 2.75) is 142 Å². The van der Waals surface area contributed by atoms with Gasteiger partial charge < -0.3 is 10.8 Å². The van der Waals surface area contributed by atoms with Gasteiger partial charge in [-0.15, -0.1) is 12.4 Å². The summed E-state index contributed by atoms with van der Waals surface area (Å²) in [6, 6.07) is 0.258. The fourth-order valence-corrected chi connectivity index (χ4v) is 3.87. The van der Waals surface area contributed by atoms with Gasteiger partial charge in [-0.05, 0) is 25.7 Å². The highest BCUT2D eigenvalue weighted by Crippen LogP contribution is 2.19. The molecule has 0 bridgehead atoms. The summed E-state index contributed by atoms with van der Waals surface area (Å²) < 4.78 is 0. The van der Waals surface area contributed by atoms with Crippen LogP contribution < -0.4 is 5.73 Å². The molecule has 3 N–H and O–H groups in total. The van der Waals surface area contributed by atoms with Crippen LogP contribution in [0, 0.1) is 5.92 Å². The predicted octanol–water partition coefficient (Wildman–Crippen LogP) is 7.89.